The highest BCUT2D eigenvalue weighted by Crippen LogP contribution is 2.46. The molecule has 0 radical (unpaired) electrons. The molecular formula is C24H22F3NO7S. The maximum atomic E-state index is 13.1. The molecule has 0 bridgehead atoms. The number of aryl methyl sites for hydroxylation is 1. The molecule has 0 aliphatic heterocycles. The van der Waals surface area contributed by atoms with Crippen LogP contribution in [-0.2, 0) is 27.8 Å². The maximum Gasteiger partial charge on any atom is 0.534 e. The van der Waals surface area contributed by atoms with Crippen molar-refractivity contribution in [1.82, 2.24) is 4.98 Å². The highest BCUT2D eigenvalue weighted by atomic mass is 32.2. The highest BCUT2D eigenvalue weighted by Gasteiger charge is 2.49. The summed E-state index contributed by atoms with van der Waals surface area (Å²) < 4.78 is 78.6. The Labute approximate surface area is 204 Å². The first-order valence-corrected chi connectivity index (χ1v) is 12.4. The summed E-state index contributed by atoms with van der Waals surface area (Å²) in [4.78, 5) is 15.6. The normalized spacial score (nSPS) is 15.5. The molecule has 192 valence electrons. The van der Waals surface area contributed by atoms with E-state index in [1.165, 1.54) is 12.1 Å². The van der Waals surface area contributed by atoms with Crippen molar-refractivity contribution in [1.29, 1.82) is 0 Å². The van der Waals surface area contributed by atoms with E-state index in [4.69, 9.17) is 14.3 Å². The molecule has 1 atom stereocenters. The summed E-state index contributed by atoms with van der Waals surface area (Å²) in [7, 11) is -5.97. The van der Waals surface area contributed by atoms with Crippen LogP contribution in [0.25, 0.3) is 11.5 Å². The zero-order chi connectivity index (χ0) is 26.1. The van der Waals surface area contributed by atoms with E-state index < -0.39 is 33.3 Å². The van der Waals surface area contributed by atoms with Crippen LogP contribution in [0.15, 0.2) is 46.9 Å². The first kappa shape index (κ1) is 25.5. The SMILES string of the molecule is Cc1oc(-c2ccccc2)nc1CCOc1ccc2c(c1OS(=O)(=O)C(F)(F)F)CCC2CC(=O)O. The molecular weight excluding hydrogens is 503 g/mol. The maximum absolute atomic E-state index is 13.1. The van der Waals surface area contributed by atoms with Gasteiger partial charge in [0, 0.05) is 17.5 Å². The predicted molar refractivity (Wildman–Crippen MR) is 121 cm³/mol. The number of carboxylic acids is 1. The van der Waals surface area contributed by atoms with Crippen LogP contribution in [0, 0.1) is 6.92 Å². The Bertz CT molecular complexity index is 1370. The van der Waals surface area contributed by atoms with Gasteiger partial charge in [-0.05, 0) is 49.4 Å². The fourth-order valence-corrected chi connectivity index (χ4v) is 4.64. The van der Waals surface area contributed by atoms with Gasteiger partial charge in [-0.25, -0.2) is 4.98 Å². The van der Waals surface area contributed by atoms with Gasteiger partial charge in [-0.3, -0.25) is 4.79 Å². The molecule has 8 nitrogen and oxygen atoms in total. The average molecular weight is 526 g/mol. The number of nitrogens with zero attached hydrogens (tertiary/aromatic N) is 1. The first-order valence-electron chi connectivity index (χ1n) is 11.0. The molecule has 1 aromatic heterocycles. The van der Waals surface area contributed by atoms with Gasteiger partial charge in [-0.1, -0.05) is 24.3 Å². The molecule has 0 spiro atoms. The quantitative estimate of drug-likeness (QED) is 0.306. The smallest absolute Gasteiger partial charge is 0.489 e. The summed E-state index contributed by atoms with van der Waals surface area (Å²) in [6.45, 7) is 1.67. The van der Waals surface area contributed by atoms with E-state index in [9.17, 15) is 26.4 Å². The van der Waals surface area contributed by atoms with Crippen molar-refractivity contribution in [2.24, 2.45) is 0 Å². The molecule has 1 aliphatic rings. The van der Waals surface area contributed by atoms with E-state index in [0.717, 1.165) is 5.56 Å². The zero-order valence-corrected chi connectivity index (χ0v) is 19.9. The topological polar surface area (TPSA) is 116 Å². The third kappa shape index (κ3) is 5.32. The number of carbonyl (C=O) groups is 1. The van der Waals surface area contributed by atoms with Crippen LogP contribution in [0.2, 0.25) is 0 Å². The Morgan fingerprint density at radius 1 is 1.19 bits per heavy atom. The number of rotatable bonds is 9. The minimum atomic E-state index is -5.97. The molecule has 0 saturated carbocycles. The van der Waals surface area contributed by atoms with Gasteiger partial charge >= 0.3 is 21.6 Å². The van der Waals surface area contributed by atoms with E-state index in [-0.39, 0.29) is 37.2 Å². The van der Waals surface area contributed by atoms with Gasteiger partial charge in [0.05, 0.1) is 18.7 Å². The van der Waals surface area contributed by atoms with E-state index in [1.54, 1.807) is 6.92 Å². The Kier molecular flexibility index (Phi) is 6.98. The first-order chi connectivity index (χ1) is 17.0. The number of ether oxygens (including phenoxy) is 1. The van der Waals surface area contributed by atoms with E-state index in [2.05, 4.69) is 9.17 Å². The lowest BCUT2D eigenvalue weighted by molar-refractivity contribution is -0.137. The number of aliphatic carboxylic acids is 1. The van der Waals surface area contributed by atoms with Crippen molar-refractivity contribution in [2.75, 3.05) is 6.61 Å². The van der Waals surface area contributed by atoms with Crippen molar-refractivity contribution in [2.45, 2.75) is 44.0 Å². The van der Waals surface area contributed by atoms with Crippen LogP contribution < -0.4 is 8.92 Å². The van der Waals surface area contributed by atoms with Crippen molar-refractivity contribution in [3.05, 3.63) is 65.0 Å². The second-order valence-corrected chi connectivity index (χ2v) is 9.80. The van der Waals surface area contributed by atoms with Gasteiger partial charge in [-0.2, -0.15) is 21.6 Å². The molecule has 4 rings (SSSR count). The number of halogens is 3. The molecule has 12 heteroatoms. The van der Waals surface area contributed by atoms with Crippen LogP contribution in [0.5, 0.6) is 11.5 Å². The van der Waals surface area contributed by atoms with Gasteiger partial charge in [0.2, 0.25) is 5.89 Å². The van der Waals surface area contributed by atoms with E-state index in [0.29, 0.717) is 29.3 Å². The molecule has 1 aliphatic carbocycles. The fraction of sp³-hybridized carbons (Fsp3) is 0.333. The summed E-state index contributed by atoms with van der Waals surface area (Å²) in [6.07, 6.45) is 0.462. The molecule has 36 heavy (non-hydrogen) atoms. The number of hydrogen-bond acceptors (Lipinski definition) is 7. The standard InChI is InChI=1S/C24H22F3NO7S/c1-14-19(28-23(34-14)15-5-3-2-4-6-15)11-12-33-20-10-9-17-16(13-21(29)30)7-8-18(17)22(20)35-36(31,32)24(25,26)27/h2-6,9-10,16H,7-8,11-13H2,1H3,(H,29,30). The number of fused-ring (bicyclic) bond motifs is 1. The molecule has 0 saturated heterocycles. The highest BCUT2D eigenvalue weighted by molar-refractivity contribution is 7.88. The molecule has 0 amide bonds. The molecule has 1 N–H and O–H groups in total. The van der Waals surface area contributed by atoms with Gasteiger partial charge in [0.25, 0.3) is 0 Å². The summed E-state index contributed by atoms with van der Waals surface area (Å²) in [6, 6.07) is 12.0. The Morgan fingerprint density at radius 3 is 2.58 bits per heavy atom. The number of alkyl halides is 3. The molecule has 2 aromatic carbocycles. The number of oxazole rings is 1. The van der Waals surface area contributed by atoms with Crippen molar-refractivity contribution < 1.29 is 44.8 Å². The predicted octanol–water partition coefficient (Wildman–Crippen LogP) is 5.00. The monoisotopic (exact) mass is 525 g/mol. The number of carboxylic acid groups (broad SMARTS) is 1. The number of aromatic nitrogens is 1. The second kappa shape index (κ2) is 9.84. The largest absolute Gasteiger partial charge is 0.534 e. The van der Waals surface area contributed by atoms with Gasteiger partial charge in [0.1, 0.15) is 5.76 Å². The number of benzene rings is 2. The molecule has 0 fully saturated rings. The third-order valence-corrected chi connectivity index (χ3v) is 6.80. The van der Waals surface area contributed by atoms with Crippen molar-refractivity contribution >= 4 is 16.1 Å². The van der Waals surface area contributed by atoms with Crippen molar-refractivity contribution in [3.8, 4) is 23.0 Å². The van der Waals surface area contributed by atoms with E-state index >= 15 is 0 Å². The molecule has 1 heterocycles. The zero-order valence-electron chi connectivity index (χ0n) is 19.0. The molecule has 3 aromatic rings. The van der Waals surface area contributed by atoms with Gasteiger partial charge in [-0.15, -0.1) is 0 Å². The minimum Gasteiger partial charge on any atom is -0.489 e. The van der Waals surface area contributed by atoms with Crippen LogP contribution in [0.4, 0.5) is 13.2 Å². The van der Waals surface area contributed by atoms with E-state index in [1.807, 2.05) is 30.3 Å². The summed E-state index contributed by atoms with van der Waals surface area (Å²) >= 11 is 0. The lowest BCUT2D eigenvalue weighted by Gasteiger charge is -2.17. The average Bonchev–Trinajstić information content (AvgIpc) is 3.38. The van der Waals surface area contributed by atoms with Crippen LogP contribution in [0.1, 0.15) is 41.3 Å². The number of hydrogen-bond donors (Lipinski definition) is 1. The van der Waals surface area contributed by atoms with Gasteiger partial charge in [0.15, 0.2) is 11.5 Å². The molecule has 1 unspecified atom stereocenters. The summed E-state index contributed by atoms with van der Waals surface area (Å²) in [5, 5.41) is 9.12. The summed E-state index contributed by atoms with van der Waals surface area (Å²) in [5.74, 6) is -1.36. The lowest BCUT2D eigenvalue weighted by atomic mass is 9.97. The second-order valence-electron chi connectivity index (χ2n) is 8.26. The van der Waals surface area contributed by atoms with Crippen LogP contribution in [0.3, 0.4) is 0 Å². The van der Waals surface area contributed by atoms with Crippen LogP contribution >= 0.6 is 0 Å². The Balaban J connectivity index is 1.58. The lowest BCUT2D eigenvalue weighted by Crippen LogP contribution is -2.28. The Hall–Kier alpha value is -3.54. The Morgan fingerprint density at radius 2 is 1.92 bits per heavy atom. The third-order valence-electron chi connectivity index (χ3n) is 5.85. The van der Waals surface area contributed by atoms with Crippen LogP contribution in [-0.4, -0.2) is 36.6 Å². The minimum absolute atomic E-state index is 0.0542. The fourth-order valence-electron chi connectivity index (χ4n) is 4.14. The summed E-state index contributed by atoms with van der Waals surface area (Å²) in [5.41, 5.74) is -3.68. The van der Waals surface area contributed by atoms with Crippen molar-refractivity contribution in [3.63, 3.8) is 0 Å². The van der Waals surface area contributed by atoms with Gasteiger partial charge < -0.3 is 18.4 Å².